The first-order valence-electron chi connectivity index (χ1n) is 9.40. The number of aromatic nitrogens is 2. The molecule has 0 amide bonds. The molecule has 0 fully saturated rings. The highest BCUT2D eigenvalue weighted by Crippen LogP contribution is 2.30. The number of aromatic carboxylic acids is 1. The molecule has 2 aromatic carbocycles. The molecule has 144 valence electrons. The number of nitrogens with one attached hydrogen (secondary N) is 2. The molecule has 3 N–H and O–H groups in total. The minimum absolute atomic E-state index is 0.272. The number of carboxylic acid groups (broad SMARTS) is 1. The van der Waals surface area contributed by atoms with Crippen molar-refractivity contribution in [2.45, 2.75) is 6.42 Å². The molecule has 6 nitrogen and oxygen atoms in total. The number of fused-ring (bicyclic) bond motifs is 4. The van der Waals surface area contributed by atoms with Gasteiger partial charge in [0, 0.05) is 40.6 Å². The lowest BCUT2D eigenvalue weighted by Crippen LogP contribution is -2.09. The summed E-state index contributed by atoms with van der Waals surface area (Å²) in [5, 5.41) is 11.3. The van der Waals surface area contributed by atoms with Gasteiger partial charge in [0.1, 0.15) is 5.75 Å². The van der Waals surface area contributed by atoms with E-state index in [0.717, 1.165) is 52.1 Å². The Balaban J connectivity index is 1.54. The van der Waals surface area contributed by atoms with Crippen molar-refractivity contribution < 1.29 is 14.6 Å². The van der Waals surface area contributed by atoms with Gasteiger partial charge in [0.2, 0.25) is 0 Å². The minimum Gasteiger partial charge on any atom is -0.497 e. The molecule has 5 rings (SSSR count). The molecule has 3 heterocycles. The van der Waals surface area contributed by atoms with E-state index in [0.29, 0.717) is 0 Å². The first kappa shape index (κ1) is 17.3. The van der Waals surface area contributed by atoms with E-state index in [-0.39, 0.29) is 5.56 Å². The number of aromatic amines is 2. The molecular formula is C23H19N3O3. The molecule has 29 heavy (non-hydrogen) atoms. The number of hydrogen-bond acceptors (Lipinski definition) is 3. The predicted molar refractivity (Wildman–Crippen MR) is 114 cm³/mol. The molecule has 6 heteroatoms. The van der Waals surface area contributed by atoms with Crippen molar-refractivity contribution in [3.8, 4) is 5.75 Å². The number of carboxylic acids is 1. The third-order valence-electron chi connectivity index (χ3n) is 5.39. The second kappa shape index (κ2) is 6.67. The number of benzene rings is 2. The second-order valence-electron chi connectivity index (χ2n) is 7.05. The minimum atomic E-state index is -0.933. The molecule has 0 bridgehead atoms. The van der Waals surface area contributed by atoms with Gasteiger partial charge in [-0.05, 0) is 54.0 Å². The largest absolute Gasteiger partial charge is 0.497 e. The molecule has 0 unspecified atom stereocenters. The summed E-state index contributed by atoms with van der Waals surface area (Å²) in [5.74, 6) is -0.115. The maximum Gasteiger partial charge on any atom is 0.335 e. The van der Waals surface area contributed by atoms with Gasteiger partial charge in [-0.25, -0.2) is 4.79 Å². The van der Waals surface area contributed by atoms with Gasteiger partial charge in [-0.2, -0.15) is 0 Å². The predicted octanol–water partition coefficient (Wildman–Crippen LogP) is 4.41. The number of aliphatic imine (C=N–C) groups is 1. The summed E-state index contributed by atoms with van der Waals surface area (Å²) in [6, 6.07) is 11.1. The summed E-state index contributed by atoms with van der Waals surface area (Å²) < 4.78 is 5.34. The van der Waals surface area contributed by atoms with Gasteiger partial charge < -0.3 is 19.8 Å². The molecule has 4 aromatic rings. The Bertz CT molecular complexity index is 1320. The Kier molecular flexibility index (Phi) is 3.98. The van der Waals surface area contributed by atoms with Crippen LogP contribution in [0.1, 0.15) is 27.2 Å². The normalized spacial score (nSPS) is 13.8. The third-order valence-corrected chi connectivity index (χ3v) is 5.39. The highest BCUT2D eigenvalue weighted by atomic mass is 16.5. The van der Waals surface area contributed by atoms with E-state index in [1.807, 2.05) is 30.5 Å². The van der Waals surface area contributed by atoms with Crippen molar-refractivity contribution in [3.05, 3.63) is 71.1 Å². The van der Waals surface area contributed by atoms with Crippen molar-refractivity contribution in [2.24, 2.45) is 4.99 Å². The first-order valence-corrected chi connectivity index (χ1v) is 9.40. The number of rotatable bonds is 4. The number of H-pyrrole nitrogens is 2. The van der Waals surface area contributed by atoms with Crippen LogP contribution in [-0.2, 0) is 6.42 Å². The summed E-state index contributed by atoms with van der Waals surface area (Å²) in [7, 11) is 1.66. The van der Waals surface area contributed by atoms with E-state index < -0.39 is 5.97 Å². The van der Waals surface area contributed by atoms with Crippen LogP contribution in [0.3, 0.4) is 0 Å². The van der Waals surface area contributed by atoms with Crippen LogP contribution in [0.25, 0.3) is 27.9 Å². The summed E-state index contributed by atoms with van der Waals surface area (Å²) in [6.07, 6.45) is 6.74. The Hall–Kier alpha value is -3.80. The van der Waals surface area contributed by atoms with Gasteiger partial charge in [0.25, 0.3) is 0 Å². The average Bonchev–Trinajstić information content (AvgIpc) is 3.32. The van der Waals surface area contributed by atoms with Crippen molar-refractivity contribution >= 4 is 39.6 Å². The quantitative estimate of drug-likeness (QED) is 0.486. The van der Waals surface area contributed by atoms with E-state index in [9.17, 15) is 9.90 Å². The molecule has 0 radical (unpaired) electrons. The molecule has 0 saturated carbocycles. The Labute approximate surface area is 166 Å². The Morgan fingerprint density at radius 3 is 2.86 bits per heavy atom. The lowest BCUT2D eigenvalue weighted by Gasteiger charge is -2.10. The fraction of sp³-hybridized carbons (Fsp3) is 0.130. The van der Waals surface area contributed by atoms with Crippen molar-refractivity contribution in [1.29, 1.82) is 0 Å². The molecule has 2 aromatic heterocycles. The maximum absolute atomic E-state index is 11.3. The second-order valence-corrected chi connectivity index (χ2v) is 7.05. The summed E-state index contributed by atoms with van der Waals surface area (Å²) in [6.45, 7) is 0.739. The van der Waals surface area contributed by atoms with Crippen LogP contribution in [-0.4, -0.2) is 40.4 Å². The van der Waals surface area contributed by atoms with Crippen molar-refractivity contribution in [1.82, 2.24) is 9.97 Å². The Morgan fingerprint density at radius 2 is 2.03 bits per heavy atom. The highest BCUT2D eigenvalue weighted by Gasteiger charge is 2.18. The molecule has 1 aliphatic rings. The van der Waals surface area contributed by atoms with Crippen LogP contribution >= 0.6 is 0 Å². The van der Waals surface area contributed by atoms with Crippen molar-refractivity contribution in [3.63, 3.8) is 0 Å². The average molecular weight is 385 g/mol. The summed E-state index contributed by atoms with van der Waals surface area (Å²) in [5.41, 5.74) is 6.33. The molecule has 1 aliphatic heterocycles. The lowest BCUT2D eigenvalue weighted by atomic mass is 10.0. The topological polar surface area (TPSA) is 90.5 Å². The van der Waals surface area contributed by atoms with E-state index in [1.165, 1.54) is 10.9 Å². The lowest BCUT2D eigenvalue weighted by molar-refractivity contribution is 0.0697. The number of nitrogens with zero attached hydrogens (tertiary/aromatic N) is 1. The van der Waals surface area contributed by atoms with Crippen LogP contribution < -0.4 is 4.74 Å². The maximum atomic E-state index is 11.3. The number of methoxy groups -OCH3 is 1. The standard InChI is InChI=1S/C23H19N3O3/c1-29-15-4-5-16-17-8-9-24-20(22(17)26-21(16)11-15)7-3-14-12-25-19-6-2-13(23(27)28)10-18(14)19/h2-7,10-12,25-26H,8-9H2,1H3,(H,27,28)/b7-3+. The molecular weight excluding hydrogens is 366 g/mol. The monoisotopic (exact) mass is 385 g/mol. The molecule has 0 atom stereocenters. The van der Waals surface area contributed by atoms with Gasteiger partial charge in [0.15, 0.2) is 0 Å². The highest BCUT2D eigenvalue weighted by molar-refractivity contribution is 6.14. The van der Waals surface area contributed by atoms with E-state index in [1.54, 1.807) is 25.3 Å². The van der Waals surface area contributed by atoms with Crippen LogP contribution in [0.5, 0.6) is 5.75 Å². The third kappa shape index (κ3) is 2.89. The van der Waals surface area contributed by atoms with Crippen LogP contribution in [0.2, 0.25) is 0 Å². The van der Waals surface area contributed by atoms with Gasteiger partial charge >= 0.3 is 5.97 Å². The molecule has 0 saturated heterocycles. The van der Waals surface area contributed by atoms with Crippen LogP contribution in [0.15, 0.2) is 53.7 Å². The SMILES string of the molecule is COc1ccc2c3c([nH]c2c1)C(/C=C/c1c[nH]c2ccc(C(=O)O)cc12)=NCC3. The zero-order valence-corrected chi connectivity index (χ0v) is 15.8. The molecule has 0 spiro atoms. The van der Waals surface area contributed by atoms with Crippen LogP contribution in [0, 0.1) is 0 Å². The number of hydrogen-bond donors (Lipinski definition) is 3. The zero-order chi connectivity index (χ0) is 20.0. The van der Waals surface area contributed by atoms with Gasteiger partial charge in [-0.1, -0.05) is 6.08 Å². The summed E-state index contributed by atoms with van der Waals surface area (Å²) in [4.78, 5) is 22.7. The number of allylic oxidation sites excluding steroid dienone is 1. The Morgan fingerprint density at radius 1 is 1.14 bits per heavy atom. The number of ether oxygens (including phenoxy) is 1. The van der Waals surface area contributed by atoms with E-state index in [4.69, 9.17) is 9.73 Å². The molecule has 0 aliphatic carbocycles. The summed E-state index contributed by atoms with van der Waals surface area (Å²) >= 11 is 0. The fourth-order valence-corrected chi connectivity index (χ4v) is 3.93. The van der Waals surface area contributed by atoms with E-state index in [2.05, 4.69) is 16.0 Å². The van der Waals surface area contributed by atoms with Gasteiger partial charge in [0.05, 0.1) is 24.1 Å². The van der Waals surface area contributed by atoms with E-state index >= 15 is 0 Å². The van der Waals surface area contributed by atoms with Crippen LogP contribution in [0.4, 0.5) is 0 Å². The zero-order valence-electron chi connectivity index (χ0n) is 15.8. The first-order chi connectivity index (χ1) is 14.1. The van der Waals surface area contributed by atoms with Crippen molar-refractivity contribution in [2.75, 3.05) is 13.7 Å². The number of carbonyl (C=O) groups is 1. The van der Waals surface area contributed by atoms with Gasteiger partial charge in [-0.3, -0.25) is 4.99 Å². The van der Waals surface area contributed by atoms with Gasteiger partial charge in [-0.15, -0.1) is 0 Å². The fourth-order valence-electron chi connectivity index (χ4n) is 3.93. The smallest absolute Gasteiger partial charge is 0.335 e.